The number of benzene rings is 1. The first-order chi connectivity index (χ1) is 15.1. The molecule has 3 heterocycles. The highest BCUT2D eigenvalue weighted by atomic mass is 35.5. The van der Waals surface area contributed by atoms with Gasteiger partial charge in [-0.15, -0.1) is 23.7 Å². The number of morpholine rings is 2. The van der Waals surface area contributed by atoms with Crippen molar-refractivity contribution in [3.63, 3.8) is 0 Å². The average Bonchev–Trinajstić information content (AvgIpc) is 3.34. The molecule has 1 unspecified atom stereocenters. The van der Waals surface area contributed by atoms with Crippen LogP contribution in [0.1, 0.15) is 21.3 Å². The van der Waals surface area contributed by atoms with Gasteiger partial charge in [-0.3, -0.25) is 19.8 Å². The molecular formula is C21H27ClN4O5S. The molecule has 1 N–H and O–H groups in total. The Morgan fingerprint density at radius 1 is 1.12 bits per heavy atom. The van der Waals surface area contributed by atoms with Crippen LogP contribution in [0.5, 0.6) is 0 Å². The minimum absolute atomic E-state index is 0. The molecular weight excluding hydrogens is 456 g/mol. The number of nitro benzene ring substituents is 1. The summed E-state index contributed by atoms with van der Waals surface area (Å²) in [5.74, 6) is -0.313. The van der Waals surface area contributed by atoms with Gasteiger partial charge >= 0.3 is 0 Å². The molecule has 1 atom stereocenters. The number of carbonyl (C=O) groups excluding carboxylic acids is 1. The van der Waals surface area contributed by atoms with Crippen LogP contribution in [0.25, 0.3) is 0 Å². The van der Waals surface area contributed by atoms with Gasteiger partial charge in [0, 0.05) is 49.2 Å². The second-order valence-electron chi connectivity index (χ2n) is 7.45. The van der Waals surface area contributed by atoms with Crippen LogP contribution in [-0.4, -0.2) is 74.9 Å². The van der Waals surface area contributed by atoms with Gasteiger partial charge in [0.25, 0.3) is 11.6 Å². The lowest BCUT2D eigenvalue weighted by atomic mass is 10.1. The zero-order valence-electron chi connectivity index (χ0n) is 17.6. The van der Waals surface area contributed by atoms with E-state index in [0.29, 0.717) is 51.7 Å². The first-order valence-corrected chi connectivity index (χ1v) is 11.3. The number of nitrogens with one attached hydrogen (secondary N) is 1. The van der Waals surface area contributed by atoms with E-state index in [9.17, 15) is 14.9 Å². The number of ether oxygens (including phenoxy) is 2. The number of rotatable bonds is 7. The molecule has 0 bridgehead atoms. The van der Waals surface area contributed by atoms with Gasteiger partial charge in [0.2, 0.25) is 0 Å². The summed E-state index contributed by atoms with van der Waals surface area (Å²) in [4.78, 5) is 29.5. The summed E-state index contributed by atoms with van der Waals surface area (Å²) in [6.45, 7) is 5.63. The van der Waals surface area contributed by atoms with Gasteiger partial charge in [-0.05, 0) is 23.6 Å². The lowest BCUT2D eigenvalue weighted by Crippen LogP contribution is -2.43. The number of nitrogens with zero attached hydrogens (tertiary/aromatic N) is 3. The number of amides is 1. The van der Waals surface area contributed by atoms with E-state index < -0.39 is 4.92 Å². The summed E-state index contributed by atoms with van der Waals surface area (Å²) in [6.07, 6.45) is 0. The maximum atomic E-state index is 12.9. The molecule has 32 heavy (non-hydrogen) atoms. The van der Waals surface area contributed by atoms with E-state index in [2.05, 4.69) is 16.3 Å². The summed E-state index contributed by atoms with van der Waals surface area (Å²) >= 11 is 1.66. The number of thiophene rings is 1. The Hall–Kier alpha value is -2.24. The highest BCUT2D eigenvalue weighted by Gasteiger charge is 2.26. The number of anilines is 1. The molecule has 2 fully saturated rings. The predicted molar refractivity (Wildman–Crippen MR) is 125 cm³/mol. The third-order valence-corrected chi connectivity index (χ3v) is 6.57. The van der Waals surface area contributed by atoms with E-state index in [1.165, 1.54) is 10.9 Å². The maximum absolute atomic E-state index is 12.9. The Bertz CT molecular complexity index is 902. The summed E-state index contributed by atoms with van der Waals surface area (Å²) in [5.41, 5.74) is 0.753. The van der Waals surface area contributed by atoms with Crippen LogP contribution in [0.4, 0.5) is 11.4 Å². The lowest BCUT2D eigenvalue weighted by Gasteiger charge is -2.34. The molecule has 4 rings (SSSR count). The fourth-order valence-corrected chi connectivity index (χ4v) is 4.81. The van der Waals surface area contributed by atoms with E-state index >= 15 is 0 Å². The van der Waals surface area contributed by atoms with Crippen molar-refractivity contribution in [2.24, 2.45) is 0 Å². The third kappa shape index (κ3) is 5.76. The van der Waals surface area contributed by atoms with Crippen molar-refractivity contribution < 1.29 is 19.2 Å². The van der Waals surface area contributed by atoms with Crippen molar-refractivity contribution in [1.29, 1.82) is 0 Å². The zero-order valence-corrected chi connectivity index (χ0v) is 19.2. The van der Waals surface area contributed by atoms with Crippen molar-refractivity contribution >= 4 is 41.0 Å². The average molecular weight is 483 g/mol. The molecule has 2 aliphatic heterocycles. The lowest BCUT2D eigenvalue weighted by molar-refractivity contribution is -0.384. The number of halogens is 1. The van der Waals surface area contributed by atoms with E-state index in [1.807, 2.05) is 16.3 Å². The van der Waals surface area contributed by atoms with E-state index in [-0.39, 0.29) is 35.6 Å². The summed E-state index contributed by atoms with van der Waals surface area (Å²) in [5, 5.41) is 16.7. The monoisotopic (exact) mass is 482 g/mol. The van der Waals surface area contributed by atoms with Gasteiger partial charge in [0.05, 0.1) is 37.4 Å². The van der Waals surface area contributed by atoms with Crippen LogP contribution in [0.15, 0.2) is 35.7 Å². The van der Waals surface area contributed by atoms with Gasteiger partial charge in [-0.2, -0.15) is 0 Å². The molecule has 1 aromatic carbocycles. The second-order valence-corrected chi connectivity index (χ2v) is 8.43. The highest BCUT2D eigenvalue weighted by molar-refractivity contribution is 7.10. The van der Waals surface area contributed by atoms with E-state index in [0.717, 1.165) is 13.1 Å². The van der Waals surface area contributed by atoms with Gasteiger partial charge in [0.15, 0.2) is 0 Å². The Morgan fingerprint density at radius 2 is 1.81 bits per heavy atom. The first-order valence-electron chi connectivity index (χ1n) is 10.4. The Morgan fingerprint density at radius 3 is 2.44 bits per heavy atom. The molecule has 1 amide bonds. The molecule has 0 spiro atoms. The van der Waals surface area contributed by atoms with E-state index in [4.69, 9.17) is 9.47 Å². The van der Waals surface area contributed by atoms with Crippen molar-refractivity contribution in [1.82, 2.24) is 10.2 Å². The number of hydrogen-bond donors (Lipinski definition) is 1. The van der Waals surface area contributed by atoms with Crippen LogP contribution < -0.4 is 10.2 Å². The smallest absolute Gasteiger partial charge is 0.293 e. The Labute approximate surface area is 196 Å². The van der Waals surface area contributed by atoms with Crippen molar-refractivity contribution in [2.75, 3.05) is 64.1 Å². The summed E-state index contributed by atoms with van der Waals surface area (Å²) in [6, 6.07) is 8.81. The minimum atomic E-state index is -0.427. The van der Waals surface area contributed by atoms with Gasteiger partial charge in [-0.1, -0.05) is 6.07 Å². The molecule has 11 heteroatoms. The molecule has 0 radical (unpaired) electrons. The molecule has 0 saturated carbocycles. The second kappa shape index (κ2) is 11.6. The maximum Gasteiger partial charge on any atom is 0.293 e. The molecule has 9 nitrogen and oxygen atoms in total. The fraction of sp³-hybridized carbons (Fsp3) is 0.476. The van der Waals surface area contributed by atoms with Crippen LogP contribution in [0, 0.1) is 10.1 Å². The van der Waals surface area contributed by atoms with Crippen LogP contribution in [0.2, 0.25) is 0 Å². The van der Waals surface area contributed by atoms with Gasteiger partial charge in [-0.25, -0.2) is 0 Å². The third-order valence-electron chi connectivity index (χ3n) is 5.60. The Balaban J connectivity index is 0.00000289. The standard InChI is InChI=1S/C21H26N4O5S.ClH/c26-21(22-15-19(20-2-1-13-31-20)24-7-11-30-12-8-24)16-3-4-17(18(14-16)25(27)28)23-5-9-29-10-6-23;/h1-4,13-14,19H,5-12,15H2,(H,22,26);1H. The molecule has 2 saturated heterocycles. The first kappa shape index (κ1) is 24.4. The summed E-state index contributed by atoms with van der Waals surface area (Å²) < 4.78 is 10.8. The number of nitro groups is 1. The normalized spacial score (nSPS) is 17.9. The van der Waals surface area contributed by atoms with Crippen LogP contribution in [-0.2, 0) is 9.47 Å². The Kier molecular flexibility index (Phi) is 8.83. The molecule has 174 valence electrons. The SMILES string of the molecule is Cl.O=C(NCC(c1cccs1)N1CCOCC1)c1ccc(N2CCOCC2)c([N+](=O)[O-])c1. The minimum Gasteiger partial charge on any atom is -0.379 e. The highest BCUT2D eigenvalue weighted by Crippen LogP contribution is 2.30. The van der Waals surface area contributed by atoms with Crippen LogP contribution >= 0.6 is 23.7 Å². The fourth-order valence-electron chi connectivity index (χ4n) is 3.95. The van der Waals surface area contributed by atoms with E-state index in [1.54, 1.807) is 23.5 Å². The topological polar surface area (TPSA) is 97.2 Å². The number of hydrogen-bond acceptors (Lipinski definition) is 8. The molecule has 2 aromatic rings. The van der Waals surface area contributed by atoms with Crippen molar-refractivity contribution in [2.45, 2.75) is 6.04 Å². The van der Waals surface area contributed by atoms with Crippen molar-refractivity contribution in [3.05, 3.63) is 56.3 Å². The quantitative estimate of drug-likeness (QED) is 0.478. The molecule has 1 aromatic heterocycles. The summed E-state index contributed by atoms with van der Waals surface area (Å²) in [7, 11) is 0. The van der Waals surface area contributed by atoms with Crippen molar-refractivity contribution in [3.8, 4) is 0 Å². The van der Waals surface area contributed by atoms with Gasteiger partial charge < -0.3 is 19.7 Å². The predicted octanol–water partition coefficient (Wildman–Crippen LogP) is 2.72. The van der Waals surface area contributed by atoms with Gasteiger partial charge in [0.1, 0.15) is 5.69 Å². The number of carbonyl (C=O) groups is 1. The molecule has 2 aliphatic rings. The van der Waals surface area contributed by atoms with Crippen LogP contribution in [0.3, 0.4) is 0 Å². The molecule has 0 aliphatic carbocycles. The zero-order chi connectivity index (χ0) is 21.6. The largest absolute Gasteiger partial charge is 0.379 e.